The number of alkyl carbamates (subject to hydrolysis) is 1. The van der Waals surface area contributed by atoms with Crippen molar-refractivity contribution in [2.24, 2.45) is 5.11 Å². The monoisotopic (exact) mass is 479 g/mol. The Bertz CT molecular complexity index is 989. The first-order chi connectivity index (χ1) is 17.0. The predicted octanol–water partition coefficient (Wildman–Crippen LogP) is 5.64. The molecule has 0 aliphatic carbocycles. The number of hydrogen-bond donors (Lipinski definition) is 2. The highest BCUT2D eigenvalue weighted by Gasteiger charge is 2.11. The van der Waals surface area contributed by atoms with Gasteiger partial charge in [-0.25, -0.2) is 4.79 Å². The SMILES string of the molecule is C=CCOC(=O)NCCCC[C@@H](CN=[N+]=[N-])NCc1ccc(CCc2cccc(C)c2)cc1OC. The fourth-order valence-electron chi connectivity index (χ4n) is 3.79. The molecule has 1 amide bonds. The van der Waals surface area contributed by atoms with Gasteiger partial charge in [-0.15, -0.1) is 0 Å². The molecule has 0 aliphatic rings. The minimum atomic E-state index is -0.442. The van der Waals surface area contributed by atoms with Gasteiger partial charge in [-0.3, -0.25) is 0 Å². The van der Waals surface area contributed by atoms with Gasteiger partial charge in [-0.05, 0) is 55.3 Å². The van der Waals surface area contributed by atoms with E-state index in [0.29, 0.717) is 19.6 Å². The van der Waals surface area contributed by atoms with Gasteiger partial charge in [0.15, 0.2) is 0 Å². The Hall–Kier alpha value is -3.48. The molecular formula is C27H37N5O3. The fourth-order valence-corrected chi connectivity index (χ4v) is 3.79. The number of unbranched alkanes of at least 4 members (excludes halogenated alkanes) is 1. The summed E-state index contributed by atoms with van der Waals surface area (Å²) in [5.74, 6) is 0.851. The van der Waals surface area contributed by atoms with Crippen molar-refractivity contribution >= 4 is 6.09 Å². The number of ether oxygens (including phenoxy) is 2. The van der Waals surface area contributed by atoms with Crippen LogP contribution in [-0.2, 0) is 24.1 Å². The van der Waals surface area contributed by atoms with Crippen molar-refractivity contribution in [3.63, 3.8) is 0 Å². The fraction of sp³-hybridized carbons (Fsp3) is 0.444. The van der Waals surface area contributed by atoms with Gasteiger partial charge in [0.25, 0.3) is 0 Å². The van der Waals surface area contributed by atoms with E-state index in [1.807, 2.05) is 0 Å². The van der Waals surface area contributed by atoms with Gasteiger partial charge in [-0.1, -0.05) is 66.2 Å². The van der Waals surface area contributed by atoms with Gasteiger partial charge in [0.1, 0.15) is 12.4 Å². The second-order valence-electron chi connectivity index (χ2n) is 8.44. The number of rotatable bonds is 16. The minimum Gasteiger partial charge on any atom is -0.496 e. The van der Waals surface area contributed by atoms with E-state index in [9.17, 15) is 4.79 Å². The van der Waals surface area contributed by atoms with E-state index in [0.717, 1.165) is 43.4 Å². The molecule has 0 aromatic heterocycles. The van der Waals surface area contributed by atoms with E-state index in [1.54, 1.807) is 7.11 Å². The number of aryl methyl sites for hydroxylation is 3. The number of carbonyl (C=O) groups excluding carboxylic acids is 1. The first-order valence-electron chi connectivity index (χ1n) is 12.0. The third kappa shape index (κ3) is 11.0. The van der Waals surface area contributed by atoms with Crippen LogP contribution in [0.3, 0.4) is 0 Å². The lowest BCUT2D eigenvalue weighted by Crippen LogP contribution is -2.32. The van der Waals surface area contributed by atoms with Crippen LogP contribution in [0.25, 0.3) is 10.4 Å². The van der Waals surface area contributed by atoms with Crippen molar-refractivity contribution in [1.82, 2.24) is 10.6 Å². The smallest absolute Gasteiger partial charge is 0.407 e. The third-order valence-electron chi connectivity index (χ3n) is 5.66. The molecule has 0 heterocycles. The summed E-state index contributed by atoms with van der Waals surface area (Å²) in [5.41, 5.74) is 13.6. The van der Waals surface area contributed by atoms with Crippen molar-refractivity contribution < 1.29 is 14.3 Å². The molecule has 2 aromatic rings. The summed E-state index contributed by atoms with van der Waals surface area (Å²) in [6.45, 7) is 7.32. The van der Waals surface area contributed by atoms with E-state index in [-0.39, 0.29) is 12.6 Å². The predicted molar refractivity (Wildman–Crippen MR) is 140 cm³/mol. The number of nitrogens with one attached hydrogen (secondary N) is 2. The molecule has 188 valence electrons. The molecule has 0 saturated carbocycles. The average molecular weight is 480 g/mol. The van der Waals surface area contributed by atoms with Gasteiger partial charge >= 0.3 is 6.09 Å². The van der Waals surface area contributed by atoms with Crippen molar-refractivity contribution in [1.29, 1.82) is 0 Å². The largest absolute Gasteiger partial charge is 0.496 e. The van der Waals surface area contributed by atoms with Gasteiger partial charge in [0.05, 0.1) is 7.11 Å². The van der Waals surface area contributed by atoms with Crippen molar-refractivity contribution in [3.05, 3.63) is 87.8 Å². The lowest BCUT2D eigenvalue weighted by molar-refractivity contribution is 0.158. The van der Waals surface area contributed by atoms with Crippen LogP contribution in [0, 0.1) is 6.92 Å². The summed E-state index contributed by atoms with van der Waals surface area (Å²) in [6.07, 6.45) is 5.51. The van der Waals surface area contributed by atoms with Crippen molar-refractivity contribution in [2.75, 3.05) is 26.8 Å². The topological polar surface area (TPSA) is 108 Å². The standard InChI is InChI=1S/C27H37N5O3/c1-4-16-35-27(33)29-15-6-5-10-25(20-31-32-28)30-19-24-14-13-23(18-26(24)34-3)12-11-22-9-7-8-21(2)17-22/h4,7-9,13-14,17-18,25,30H,1,5-6,10-12,15-16,19-20H2,2-3H3,(H,29,33)/t25-/m0/s1. The number of amides is 1. The molecule has 2 aromatic carbocycles. The third-order valence-corrected chi connectivity index (χ3v) is 5.66. The molecule has 0 aliphatic heterocycles. The summed E-state index contributed by atoms with van der Waals surface area (Å²) in [4.78, 5) is 14.4. The number of benzene rings is 2. The summed E-state index contributed by atoms with van der Waals surface area (Å²) < 4.78 is 10.5. The number of carbonyl (C=O) groups is 1. The lowest BCUT2D eigenvalue weighted by Gasteiger charge is -2.18. The van der Waals surface area contributed by atoms with Crippen molar-refractivity contribution in [3.8, 4) is 5.75 Å². The van der Waals surface area contributed by atoms with Crippen LogP contribution < -0.4 is 15.4 Å². The van der Waals surface area contributed by atoms with Gasteiger partial charge in [0.2, 0.25) is 0 Å². The molecule has 0 radical (unpaired) electrons. The Kier molecular flexibility index (Phi) is 12.8. The molecule has 1 atom stereocenters. The van der Waals surface area contributed by atoms with Gasteiger partial charge in [0, 0.05) is 36.2 Å². The molecule has 2 N–H and O–H groups in total. The highest BCUT2D eigenvalue weighted by Crippen LogP contribution is 2.22. The summed E-state index contributed by atoms with van der Waals surface area (Å²) >= 11 is 0. The van der Waals surface area contributed by atoms with E-state index < -0.39 is 6.09 Å². The highest BCUT2D eigenvalue weighted by atomic mass is 16.5. The molecule has 0 saturated heterocycles. The van der Waals surface area contributed by atoms with E-state index >= 15 is 0 Å². The van der Waals surface area contributed by atoms with Crippen LogP contribution in [0.15, 0.2) is 60.2 Å². The Morgan fingerprint density at radius 2 is 2.00 bits per heavy atom. The summed E-state index contributed by atoms with van der Waals surface area (Å²) in [5, 5.41) is 9.95. The minimum absolute atomic E-state index is 0.0318. The Labute approximate surface area is 208 Å². The molecule has 35 heavy (non-hydrogen) atoms. The second-order valence-corrected chi connectivity index (χ2v) is 8.44. The normalized spacial score (nSPS) is 11.3. The molecule has 0 bridgehead atoms. The zero-order valence-electron chi connectivity index (χ0n) is 20.8. The van der Waals surface area contributed by atoms with E-state index in [1.165, 1.54) is 22.8 Å². The maximum Gasteiger partial charge on any atom is 0.407 e. The second kappa shape index (κ2) is 16.2. The van der Waals surface area contributed by atoms with Gasteiger partial charge in [-0.2, -0.15) is 0 Å². The van der Waals surface area contributed by atoms with Crippen molar-refractivity contribution in [2.45, 2.75) is 51.6 Å². The Morgan fingerprint density at radius 3 is 2.71 bits per heavy atom. The van der Waals surface area contributed by atoms with Crippen LogP contribution >= 0.6 is 0 Å². The van der Waals surface area contributed by atoms with Gasteiger partial charge < -0.3 is 20.1 Å². The first-order valence-corrected chi connectivity index (χ1v) is 12.0. The van der Waals surface area contributed by atoms with Crippen LogP contribution in [0.5, 0.6) is 5.75 Å². The zero-order chi connectivity index (χ0) is 25.3. The maximum atomic E-state index is 11.5. The summed E-state index contributed by atoms with van der Waals surface area (Å²) in [6, 6.07) is 15.0. The molecule has 8 nitrogen and oxygen atoms in total. The van der Waals surface area contributed by atoms with Crippen LogP contribution in [0.2, 0.25) is 0 Å². The number of methoxy groups -OCH3 is 1. The lowest BCUT2D eigenvalue weighted by atomic mass is 10.0. The van der Waals surface area contributed by atoms with Crippen LogP contribution in [0.1, 0.15) is 41.5 Å². The maximum absolute atomic E-state index is 11.5. The van der Waals surface area contributed by atoms with E-state index in [2.05, 4.69) is 76.6 Å². The number of nitrogens with zero attached hydrogens (tertiary/aromatic N) is 3. The molecular weight excluding hydrogens is 442 g/mol. The highest BCUT2D eigenvalue weighted by molar-refractivity contribution is 5.67. The number of azide groups is 1. The first kappa shape index (κ1) is 27.8. The quantitative estimate of drug-likeness (QED) is 0.107. The molecule has 2 rings (SSSR count). The Morgan fingerprint density at radius 1 is 1.20 bits per heavy atom. The molecule has 8 heteroatoms. The van der Waals surface area contributed by atoms with Crippen LogP contribution in [0.4, 0.5) is 4.79 Å². The number of hydrogen-bond acceptors (Lipinski definition) is 5. The molecule has 0 spiro atoms. The molecule has 0 unspecified atom stereocenters. The average Bonchev–Trinajstić information content (AvgIpc) is 2.87. The molecule has 0 fully saturated rings. The van der Waals surface area contributed by atoms with Crippen LogP contribution in [-0.4, -0.2) is 38.9 Å². The zero-order valence-corrected chi connectivity index (χ0v) is 20.8. The Balaban J connectivity index is 1.84. The van der Waals surface area contributed by atoms with E-state index in [4.69, 9.17) is 15.0 Å². The summed E-state index contributed by atoms with van der Waals surface area (Å²) in [7, 11) is 1.69.